The molecule has 1 aliphatic rings. The van der Waals surface area contributed by atoms with Crippen LogP contribution in [0.15, 0.2) is 42.0 Å². The second-order valence-corrected chi connectivity index (χ2v) is 7.19. The Morgan fingerprint density at radius 2 is 1.84 bits per heavy atom. The van der Waals surface area contributed by atoms with E-state index in [1.165, 1.54) is 32.2 Å². The van der Waals surface area contributed by atoms with Crippen molar-refractivity contribution in [2.24, 2.45) is 0 Å². The van der Waals surface area contributed by atoms with Crippen molar-refractivity contribution in [2.75, 3.05) is 12.0 Å². The monoisotopic (exact) mass is 438 g/mol. The molecule has 0 aliphatic carbocycles. The number of nitrogens with zero attached hydrogens (tertiary/aromatic N) is 1. The second kappa shape index (κ2) is 8.93. The lowest BCUT2D eigenvalue weighted by atomic mass is 10.0. The Kier molecular flexibility index (Phi) is 6.29. The number of carboxylic acids is 1. The molecule has 0 aromatic heterocycles. The van der Waals surface area contributed by atoms with Crippen molar-refractivity contribution >= 4 is 35.6 Å². The maximum atomic E-state index is 13.1. The number of aliphatic carboxylic acids is 1. The van der Waals surface area contributed by atoms with E-state index < -0.39 is 29.9 Å². The van der Waals surface area contributed by atoms with Crippen LogP contribution >= 0.6 is 0 Å². The van der Waals surface area contributed by atoms with Gasteiger partial charge in [0.05, 0.1) is 12.8 Å². The number of urea groups is 1. The molecule has 4 amide bonds. The number of benzene rings is 2. The molecule has 3 rings (SSSR count). The average molecular weight is 438 g/mol. The minimum atomic E-state index is -1.14. The van der Waals surface area contributed by atoms with E-state index in [4.69, 9.17) is 14.6 Å². The SMILES string of the molecule is COc1cc(/C=C2/C(=O)NC(=O)N(c3cccc(C)c3C)C2=O)ccc1OC(C)C(=O)O. The Morgan fingerprint density at radius 3 is 2.50 bits per heavy atom. The van der Waals surface area contributed by atoms with Gasteiger partial charge < -0.3 is 14.6 Å². The van der Waals surface area contributed by atoms with Crippen molar-refractivity contribution in [3.8, 4) is 11.5 Å². The summed E-state index contributed by atoms with van der Waals surface area (Å²) in [5, 5.41) is 11.2. The molecule has 166 valence electrons. The lowest BCUT2D eigenvalue weighted by Crippen LogP contribution is -2.54. The van der Waals surface area contributed by atoms with Gasteiger partial charge in [-0.05, 0) is 61.7 Å². The van der Waals surface area contributed by atoms with Crippen molar-refractivity contribution in [1.29, 1.82) is 0 Å². The fourth-order valence-corrected chi connectivity index (χ4v) is 3.13. The third-order valence-electron chi connectivity index (χ3n) is 5.07. The number of barbiturate groups is 1. The number of amides is 4. The first-order chi connectivity index (χ1) is 15.1. The maximum absolute atomic E-state index is 13.1. The molecule has 1 atom stereocenters. The van der Waals surface area contributed by atoms with Gasteiger partial charge in [0.25, 0.3) is 11.8 Å². The maximum Gasteiger partial charge on any atom is 0.344 e. The highest BCUT2D eigenvalue weighted by atomic mass is 16.5. The summed E-state index contributed by atoms with van der Waals surface area (Å²) in [5.74, 6) is -2.31. The molecule has 32 heavy (non-hydrogen) atoms. The van der Waals surface area contributed by atoms with E-state index in [2.05, 4.69) is 5.32 Å². The largest absolute Gasteiger partial charge is 0.493 e. The molecule has 9 heteroatoms. The quantitative estimate of drug-likeness (QED) is 0.525. The van der Waals surface area contributed by atoms with Crippen LogP contribution in [0.2, 0.25) is 0 Å². The zero-order valence-electron chi connectivity index (χ0n) is 18.0. The fraction of sp³-hybridized carbons (Fsp3) is 0.217. The van der Waals surface area contributed by atoms with Gasteiger partial charge in [0.1, 0.15) is 5.57 Å². The number of hydrogen-bond donors (Lipinski definition) is 2. The van der Waals surface area contributed by atoms with Crippen LogP contribution in [0.3, 0.4) is 0 Å². The Balaban J connectivity index is 1.99. The first-order valence-corrected chi connectivity index (χ1v) is 9.69. The second-order valence-electron chi connectivity index (χ2n) is 7.19. The van der Waals surface area contributed by atoms with Crippen LogP contribution < -0.4 is 19.7 Å². The number of nitrogens with one attached hydrogen (secondary N) is 1. The normalized spacial score (nSPS) is 16.1. The molecule has 1 heterocycles. The van der Waals surface area contributed by atoms with E-state index in [1.807, 2.05) is 13.0 Å². The van der Waals surface area contributed by atoms with Crippen molar-refractivity contribution in [3.05, 3.63) is 58.7 Å². The van der Waals surface area contributed by atoms with Crippen molar-refractivity contribution in [3.63, 3.8) is 0 Å². The first kappa shape index (κ1) is 22.5. The fourth-order valence-electron chi connectivity index (χ4n) is 3.13. The summed E-state index contributed by atoms with van der Waals surface area (Å²) >= 11 is 0. The number of hydrogen-bond acceptors (Lipinski definition) is 6. The highest BCUT2D eigenvalue weighted by molar-refractivity contribution is 6.39. The Hall–Kier alpha value is -4.14. The molecule has 1 fully saturated rings. The highest BCUT2D eigenvalue weighted by Crippen LogP contribution is 2.31. The third-order valence-corrected chi connectivity index (χ3v) is 5.07. The molecule has 0 bridgehead atoms. The van der Waals surface area contributed by atoms with Crippen LogP contribution in [0.5, 0.6) is 11.5 Å². The summed E-state index contributed by atoms with van der Waals surface area (Å²) in [6.45, 7) is 5.02. The highest BCUT2D eigenvalue weighted by Gasteiger charge is 2.37. The third kappa shape index (κ3) is 4.31. The number of anilines is 1. The van der Waals surface area contributed by atoms with E-state index in [-0.39, 0.29) is 17.1 Å². The van der Waals surface area contributed by atoms with Crippen LogP contribution in [0.1, 0.15) is 23.6 Å². The molecule has 9 nitrogen and oxygen atoms in total. The molecule has 0 saturated carbocycles. The molecule has 0 spiro atoms. The molecule has 1 aliphatic heterocycles. The lowest BCUT2D eigenvalue weighted by molar-refractivity contribution is -0.144. The number of aryl methyl sites for hydroxylation is 1. The van der Waals surface area contributed by atoms with Crippen LogP contribution in [0.25, 0.3) is 6.08 Å². The van der Waals surface area contributed by atoms with E-state index in [0.717, 1.165) is 16.0 Å². The first-order valence-electron chi connectivity index (χ1n) is 9.69. The number of methoxy groups -OCH3 is 1. The standard InChI is InChI=1S/C23H22N2O7/c1-12-6-5-7-17(13(12)2)25-21(27)16(20(26)24-23(25)30)10-15-8-9-18(19(11-15)31-4)32-14(3)22(28)29/h5-11,14H,1-4H3,(H,28,29)(H,24,26,30)/b16-10-. The zero-order valence-corrected chi connectivity index (χ0v) is 18.0. The van der Waals surface area contributed by atoms with Crippen LogP contribution in [-0.2, 0) is 14.4 Å². The van der Waals surface area contributed by atoms with Crippen molar-refractivity contribution in [2.45, 2.75) is 26.9 Å². The van der Waals surface area contributed by atoms with Gasteiger partial charge in [0.2, 0.25) is 0 Å². The number of ether oxygens (including phenoxy) is 2. The zero-order chi connectivity index (χ0) is 23.6. The minimum absolute atomic E-state index is 0.191. The van der Waals surface area contributed by atoms with E-state index in [0.29, 0.717) is 11.3 Å². The molecule has 0 radical (unpaired) electrons. The van der Waals surface area contributed by atoms with Gasteiger partial charge in [0.15, 0.2) is 17.6 Å². The summed E-state index contributed by atoms with van der Waals surface area (Å²) in [7, 11) is 1.38. The predicted molar refractivity (Wildman–Crippen MR) is 116 cm³/mol. The van der Waals surface area contributed by atoms with Crippen molar-refractivity contribution < 1.29 is 33.8 Å². The Labute approximate surface area is 184 Å². The molecule has 2 N–H and O–H groups in total. The molecule has 2 aromatic carbocycles. The summed E-state index contributed by atoms with van der Waals surface area (Å²) in [5.41, 5.74) is 2.20. The number of carboxylic acid groups (broad SMARTS) is 1. The Morgan fingerprint density at radius 1 is 1.12 bits per heavy atom. The summed E-state index contributed by atoms with van der Waals surface area (Å²) in [6, 6.07) is 8.90. The number of carbonyl (C=O) groups is 4. The number of carbonyl (C=O) groups excluding carboxylic acids is 3. The van der Waals surface area contributed by atoms with Gasteiger partial charge in [-0.2, -0.15) is 0 Å². The molecular weight excluding hydrogens is 416 g/mol. The van der Waals surface area contributed by atoms with Crippen LogP contribution in [0.4, 0.5) is 10.5 Å². The van der Waals surface area contributed by atoms with Gasteiger partial charge in [0, 0.05) is 0 Å². The molecular formula is C23H22N2O7. The van der Waals surface area contributed by atoms with E-state index in [9.17, 15) is 19.2 Å². The van der Waals surface area contributed by atoms with E-state index in [1.54, 1.807) is 25.1 Å². The van der Waals surface area contributed by atoms with Crippen LogP contribution in [-0.4, -0.2) is 42.1 Å². The van der Waals surface area contributed by atoms with Crippen LogP contribution in [0, 0.1) is 13.8 Å². The van der Waals surface area contributed by atoms with Gasteiger partial charge >= 0.3 is 12.0 Å². The Bertz CT molecular complexity index is 1150. The summed E-state index contributed by atoms with van der Waals surface area (Å²) in [4.78, 5) is 49.9. The van der Waals surface area contributed by atoms with Gasteiger partial charge in [-0.25, -0.2) is 14.5 Å². The number of imide groups is 2. The van der Waals surface area contributed by atoms with Gasteiger partial charge in [-0.15, -0.1) is 0 Å². The molecule has 1 unspecified atom stereocenters. The molecule has 1 saturated heterocycles. The summed E-state index contributed by atoms with van der Waals surface area (Å²) in [6.07, 6.45) is 0.228. The van der Waals surface area contributed by atoms with Gasteiger partial charge in [-0.3, -0.25) is 14.9 Å². The number of rotatable bonds is 6. The lowest BCUT2D eigenvalue weighted by Gasteiger charge is -2.28. The van der Waals surface area contributed by atoms with Crippen molar-refractivity contribution in [1.82, 2.24) is 5.32 Å². The average Bonchev–Trinajstić information content (AvgIpc) is 2.74. The molecule has 2 aromatic rings. The topological polar surface area (TPSA) is 122 Å². The van der Waals surface area contributed by atoms with E-state index >= 15 is 0 Å². The van der Waals surface area contributed by atoms with Gasteiger partial charge in [-0.1, -0.05) is 18.2 Å². The smallest absolute Gasteiger partial charge is 0.344 e. The predicted octanol–water partition coefficient (Wildman–Crippen LogP) is 2.83. The summed E-state index contributed by atoms with van der Waals surface area (Å²) < 4.78 is 10.6. The minimum Gasteiger partial charge on any atom is -0.493 e.